The van der Waals surface area contributed by atoms with Crippen LogP contribution in [-0.2, 0) is 6.42 Å². The zero-order valence-electron chi connectivity index (χ0n) is 22.4. The Kier molecular flexibility index (Phi) is 9.19. The summed E-state index contributed by atoms with van der Waals surface area (Å²) in [5.41, 5.74) is 8.12. The molecule has 10 heteroatoms. The van der Waals surface area contributed by atoms with Gasteiger partial charge in [0, 0.05) is 29.2 Å². The lowest BCUT2D eigenvalue weighted by atomic mass is 9.96. The van der Waals surface area contributed by atoms with Crippen molar-refractivity contribution in [3.05, 3.63) is 71.7 Å². The second-order valence-electron chi connectivity index (χ2n) is 8.96. The van der Waals surface area contributed by atoms with Crippen molar-refractivity contribution in [1.82, 2.24) is 14.4 Å². The van der Waals surface area contributed by atoms with Crippen LogP contribution in [0.5, 0.6) is 5.75 Å². The first-order chi connectivity index (χ1) is 19.4. The molecular weight excluding hydrogens is 514 g/mol. The number of imidazole rings is 1. The molecule has 0 aliphatic rings. The number of carbonyl (C=O) groups is 1. The highest BCUT2D eigenvalue weighted by Gasteiger charge is 2.20. The number of nitrogens with zero attached hydrogens (tertiary/aromatic N) is 3. The Labute approximate surface area is 231 Å². The second kappa shape index (κ2) is 13.0. The number of hydrogen-bond acceptors (Lipinski definition) is 7. The van der Waals surface area contributed by atoms with E-state index in [0.29, 0.717) is 41.3 Å². The van der Waals surface area contributed by atoms with Gasteiger partial charge >= 0.3 is 0 Å². The number of halogens is 2. The number of aryl methyl sites for hydroxylation is 1. The van der Waals surface area contributed by atoms with Gasteiger partial charge in [0.25, 0.3) is 0 Å². The predicted molar refractivity (Wildman–Crippen MR) is 151 cm³/mol. The largest absolute Gasteiger partial charge is 0.478 e. The number of nitrogens with one attached hydrogen (secondary N) is 2. The summed E-state index contributed by atoms with van der Waals surface area (Å²) in [6.45, 7) is 4.01. The van der Waals surface area contributed by atoms with Crippen LogP contribution in [0.3, 0.4) is 0 Å². The van der Waals surface area contributed by atoms with E-state index in [0.717, 1.165) is 18.4 Å². The van der Waals surface area contributed by atoms with Crippen LogP contribution in [0.4, 0.5) is 20.3 Å². The van der Waals surface area contributed by atoms with Crippen molar-refractivity contribution >= 4 is 28.6 Å². The highest BCUT2D eigenvalue weighted by atomic mass is 19.2. The zero-order chi connectivity index (χ0) is 28.6. The summed E-state index contributed by atoms with van der Waals surface area (Å²) in [6.07, 6.45) is 7.34. The summed E-state index contributed by atoms with van der Waals surface area (Å²) in [4.78, 5) is 21.6. The number of rotatable bonds is 11. The SMILES string of the molecule is CCCCC(=N)C(=O)c1ccc(Nc2nccn3c(-c4ccc(OCC#CCN)c(F)c4F)cnc23)cc1CC. The number of ether oxygens (including phenoxy) is 1. The molecular formula is C30H30F2N6O2. The average molecular weight is 545 g/mol. The average Bonchev–Trinajstić information content (AvgIpc) is 3.40. The monoisotopic (exact) mass is 544 g/mol. The molecule has 4 rings (SSSR count). The number of fused-ring (bicyclic) bond motifs is 1. The molecule has 2 aromatic heterocycles. The normalized spacial score (nSPS) is 10.7. The number of carbonyl (C=O) groups excluding carboxylic acids is 1. The third-order valence-electron chi connectivity index (χ3n) is 6.33. The highest BCUT2D eigenvalue weighted by molar-refractivity contribution is 6.45. The summed E-state index contributed by atoms with van der Waals surface area (Å²) >= 11 is 0. The van der Waals surface area contributed by atoms with E-state index in [1.165, 1.54) is 24.5 Å². The van der Waals surface area contributed by atoms with Gasteiger partial charge in [-0.1, -0.05) is 32.1 Å². The quantitative estimate of drug-likeness (QED) is 0.126. The summed E-state index contributed by atoms with van der Waals surface area (Å²) in [6, 6.07) is 8.07. The van der Waals surface area contributed by atoms with Gasteiger partial charge in [-0.05, 0) is 55.2 Å². The molecule has 4 N–H and O–H groups in total. The Hall–Kier alpha value is -4.62. The second-order valence-corrected chi connectivity index (χ2v) is 8.96. The topological polar surface area (TPSA) is 118 Å². The maximum atomic E-state index is 15.1. The van der Waals surface area contributed by atoms with Crippen molar-refractivity contribution in [1.29, 1.82) is 5.41 Å². The lowest BCUT2D eigenvalue weighted by molar-refractivity contribution is 0.106. The van der Waals surface area contributed by atoms with Crippen molar-refractivity contribution in [2.75, 3.05) is 18.5 Å². The molecule has 2 heterocycles. The van der Waals surface area contributed by atoms with Crippen LogP contribution in [0.1, 0.15) is 49.0 Å². The third-order valence-corrected chi connectivity index (χ3v) is 6.33. The van der Waals surface area contributed by atoms with Gasteiger partial charge < -0.3 is 21.2 Å². The number of anilines is 2. The van der Waals surface area contributed by atoms with Crippen molar-refractivity contribution in [3.63, 3.8) is 0 Å². The highest BCUT2D eigenvalue weighted by Crippen LogP contribution is 2.32. The molecule has 0 unspecified atom stereocenters. The van der Waals surface area contributed by atoms with E-state index in [9.17, 15) is 9.18 Å². The van der Waals surface area contributed by atoms with Crippen LogP contribution < -0.4 is 15.8 Å². The third kappa shape index (κ3) is 6.00. The Morgan fingerprint density at radius 2 is 1.98 bits per heavy atom. The van der Waals surface area contributed by atoms with Crippen molar-refractivity contribution in [2.45, 2.75) is 39.5 Å². The fourth-order valence-corrected chi connectivity index (χ4v) is 4.24. The van der Waals surface area contributed by atoms with E-state index in [4.69, 9.17) is 15.9 Å². The molecule has 206 valence electrons. The van der Waals surface area contributed by atoms with Crippen molar-refractivity contribution < 1.29 is 18.3 Å². The fraction of sp³-hybridized carbons (Fsp3) is 0.267. The first kappa shape index (κ1) is 28.4. The molecule has 0 radical (unpaired) electrons. The number of nitrogens with two attached hydrogens (primary N) is 1. The van der Waals surface area contributed by atoms with Crippen LogP contribution >= 0.6 is 0 Å². The number of aromatic nitrogens is 3. The molecule has 0 atom stereocenters. The predicted octanol–water partition coefficient (Wildman–Crippen LogP) is 5.71. The first-order valence-electron chi connectivity index (χ1n) is 13.0. The van der Waals surface area contributed by atoms with E-state index in [-0.39, 0.29) is 36.0 Å². The molecule has 40 heavy (non-hydrogen) atoms. The van der Waals surface area contributed by atoms with Gasteiger partial charge in [-0.2, -0.15) is 4.39 Å². The summed E-state index contributed by atoms with van der Waals surface area (Å²) in [5.74, 6) is 2.89. The van der Waals surface area contributed by atoms with Gasteiger partial charge in [-0.25, -0.2) is 14.4 Å². The van der Waals surface area contributed by atoms with E-state index >= 15 is 4.39 Å². The smallest absolute Gasteiger partial charge is 0.206 e. The first-order valence-corrected chi connectivity index (χ1v) is 13.0. The molecule has 0 bridgehead atoms. The van der Waals surface area contributed by atoms with Gasteiger partial charge in [-0.15, -0.1) is 0 Å². The maximum Gasteiger partial charge on any atom is 0.206 e. The lowest BCUT2D eigenvalue weighted by Gasteiger charge is -2.13. The van der Waals surface area contributed by atoms with Gasteiger partial charge in [0.1, 0.15) is 6.61 Å². The summed E-state index contributed by atoms with van der Waals surface area (Å²) < 4.78 is 36.6. The minimum absolute atomic E-state index is 0.00389. The van der Waals surface area contributed by atoms with Crippen molar-refractivity contribution in [3.8, 4) is 28.8 Å². The molecule has 0 fully saturated rings. The van der Waals surface area contributed by atoms with E-state index in [2.05, 4.69) is 27.1 Å². The Bertz CT molecular complexity index is 1620. The van der Waals surface area contributed by atoms with E-state index < -0.39 is 11.6 Å². The van der Waals surface area contributed by atoms with Crippen LogP contribution in [-0.4, -0.2) is 39.0 Å². The number of benzene rings is 2. The van der Waals surface area contributed by atoms with E-state index in [1.807, 2.05) is 19.9 Å². The minimum Gasteiger partial charge on any atom is -0.478 e. The molecule has 0 aliphatic carbocycles. The lowest BCUT2D eigenvalue weighted by Crippen LogP contribution is -2.15. The summed E-state index contributed by atoms with van der Waals surface area (Å²) in [5, 5.41) is 11.4. The molecule has 0 amide bonds. The maximum absolute atomic E-state index is 15.1. The number of unbranched alkanes of at least 4 members (excludes halogenated alkanes) is 1. The Morgan fingerprint density at radius 1 is 1.15 bits per heavy atom. The number of hydrogen-bond donors (Lipinski definition) is 3. The van der Waals surface area contributed by atoms with Gasteiger partial charge in [0.05, 0.1) is 24.1 Å². The molecule has 0 aliphatic heterocycles. The van der Waals surface area contributed by atoms with Gasteiger partial charge in [0.2, 0.25) is 11.6 Å². The van der Waals surface area contributed by atoms with Gasteiger partial charge in [0.15, 0.2) is 23.0 Å². The molecule has 0 saturated heterocycles. The van der Waals surface area contributed by atoms with Gasteiger partial charge in [-0.3, -0.25) is 9.20 Å². The van der Waals surface area contributed by atoms with Crippen LogP contribution in [0.2, 0.25) is 0 Å². The number of Topliss-reactive ketones (excluding diaryl/α,β-unsaturated/α-hetero) is 1. The minimum atomic E-state index is -1.13. The van der Waals surface area contributed by atoms with E-state index in [1.54, 1.807) is 22.7 Å². The molecule has 0 spiro atoms. The standard InChI is InChI=1S/C30H30F2N6O2/c1-3-5-8-23(34)28(39)21-10-9-20(17-19(21)4-2)37-29-30-36-18-24(38(30)15-14-35-29)22-11-12-25(27(32)26(22)31)40-16-7-6-13-33/h9-12,14-15,17-18,34H,3-5,8,13,16,33H2,1-2H3,(H,35,37). The molecule has 2 aromatic carbocycles. The summed E-state index contributed by atoms with van der Waals surface area (Å²) in [7, 11) is 0. The van der Waals surface area contributed by atoms with Crippen LogP contribution in [0.15, 0.2) is 48.9 Å². The van der Waals surface area contributed by atoms with Crippen molar-refractivity contribution in [2.24, 2.45) is 5.73 Å². The molecule has 0 saturated carbocycles. The Balaban J connectivity index is 1.61. The molecule has 8 nitrogen and oxygen atoms in total. The van der Waals surface area contributed by atoms with Crippen LogP contribution in [0, 0.1) is 28.9 Å². The Morgan fingerprint density at radius 3 is 2.73 bits per heavy atom. The molecule has 4 aromatic rings. The fourth-order valence-electron chi connectivity index (χ4n) is 4.24. The zero-order valence-corrected chi connectivity index (χ0v) is 22.4. The van der Waals surface area contributed by atoms with Crippen LogP contribution in [0.25, 0.3) is 16.9 Å². The number of ketones is 1.